The van der Waals surface area contributed by atoms with Gasteiger partial charge in [-0.3, -0.25) is 0 Å². The second-order valence-electron chi connectivity index (χ2n) is 3.24. The molecule has 0 aliphatic heterocycles. The van der Waals surface area contributed by atoms with Crippen LogP contribution in [-0.2, 0) is 6.54 Å². The number of aromatic nitrogens is 4. The Hall–Kier alpha value is -1.40. The molecule has 1 heterocycles. The van der Waals surface area contributed by atoms with Crippen LogP contribution in [0.3, 0.4) is 0 Å². The van der Waals surface area contributed by atoms with Gasteiger partial charge in [0.15, 0.2) is 5.82 Å². The summed E-state index contributed by atoms with van der Waals surface area (Å²) in [6.45, 7) is 1.16. The zero-order valence-corrected chi connectivity index (χ0v) is 9.81. The Labute approximate surface area is 98.0 Å². The van der Waals surface area contributed by atoms with E-state index in [9.17, 15) is 0 Å². The van der Waals surface area contributed by atoms with Crippen molar-refractivity contribution in [1.29, 1.82) is 0 Å². The Bertz CT molecular complexity index is 450. The Balaban J connectivity index is 2.31. The first kappa shape index (κ1) is 11.1. The smallest absolute Gasteiger partial charge is 0.182 e. The summed E-state index contributed by atoms with van der Waals surface area (Å²) in [5, 5.41) is 11.6. The first-order valence-electron chi connectivity index (χ1n) is 4.96. The van der Waals surface area contributed by atoms with Gasteiger partial charge in [0.25, 0.3) is 0 Å². The minimum atomic E-state index is 0.529. The van der Waals surface area contributed by atoms with Crippen molar-refractivity contribution in [3.63, 3.8) is 0 Å². The molecule has 6 heteroatoms. The second-order valence-corrected chi connectivity index (χ2v) is 4.12. The van der Waals surface area contributed by atoms with Crippen molar-refractivity contribution in [1.82, 2.24) is 20.2 Å². The minimum Gasteiger partial charge on any atom is -0.329 e. The monoisotopic (exact) mass is 235 g/mol. The average Bonchev–Trinajstić information content (AvgIpc) is 2.78. The van der Waals surface area contributed by atoms with E-state index < -0.39 is 0 Å². The maximum absolute atomic E-state index is 5.49. The summed E-state index contributed by atoms with van der Waals surface area (Å²) in [6, 6.07) is 8.15. The molecule has 16 heavy (non-hydrogen) atoms. The molecule has 0 saturated heterocycles. The van der Waals surface area contributed by atoms with E-state index in [1.807, 2.05) is 18.4 Å². The average molecular weight is 235 g/mol. The van der Waals surface area contributed by atoms with E-state index >= 15 is 0 Å². The fraction of sp³-hybridized carbons (Fsp3) is 0.300. The molecule has 0 saturated carbocycles. The lowest BCUT2D eigenvalue weighted by Crippen LogP contribution is -2.12. The summed E-state index contributed by atoms with van der Waals surface area (Å²) in [5.41, 5.74) is 6.50. The number of nitrogens with zero attached hydrogens (tertiary/aromatic N) is 4. The fourth-order valence-electron chi connectivity index (χ4n) is 1.42. The molecule has 0 amide bonds. The minimum absolute atomic E-state index is 0.529. The Morgan fingerprint density at radius 2 is 2.06 bits per heavy atom. The molecule has 0 fully saturated rings. The van der Waals surface area contributed by atoms with Crippen LogP contribution < -0.4 is 5.73 Å². The molecule has 1 aromatic heterocycles. The molecule has 0 aliphatic carbocycles. The molecule has 5 nitrogen and oxygen atoms in total. The zero-order valence-electron chi connectivity index (χ0n) is 9.00. The summed E-state index contributed by atoms with van der Waals surface area (Å²) in [6.07, 6.45) is 2.05. The van der Waals surface area contributed by atoms with Crippen LogP contribution in [0.4, 0.5) is 0 Å². The number of hydrogen-bond acceptors (Lipinski definition) is 5. The molecular formula is C10H13N5S. The van der Waals surface area contributed by atoms with Crippen molar-refractivity contribution < 1.29 is 0 Å². The van der Waals surface area contributed by atoms with Crippen molar-refractivity contribution in [2.75, 3.05) is 12.8 Å². The predicted molar refractivity (Wildman–Crippen MR) is 64.1 cm³/mol. The molecular weight excluding hydrogens is 222 g/mol. The molecule has 2 aromatic rings. The first-order valence-corrected chi connectivity index (χ1v) is 6.18. The van der Waals surface area contributed by atoms with Crippen molar-refractivity contribution >= 4 is 11.8 Å². The van der Waals surface area contributed by atoms with Gasteiger partial charge in [-0.05, 0) is 28.8 Å². The number of rotatable bonds is 4. The van der Waals surface area contributed by atoms with Crippen LogP contribution in [0.2, 0.25) is 0 Å². The normalized spacial score (nSPS) is 10.6. The van der Waals surface area contributed by atoms with Gasteiger partial charge in [0.2, 0.25) is 0 Å². The van der Waals surface area contributed by atoms with Gasteiger partial charge >= 0.3 is 0 Å². The zero-order chi connectivity index (χ0) is 11.4. The molecule has 0 radical (unpaired) electrons. The van der Waals surface area contributed by atoms with Gasteiger partial charge in [0.1, 0.15) is 0 Å². The number of thioether (sulfide) groups is 1. The van der Waals surface area contributed by atoms with Crippen molar-refractivity contribution in [3.8, 4) is 11.4 Å². The molecule has 84 valence electrons. The lowest BCUT2D eigenvalue weighted by atomic mass is 10.2. The Morgan fingerprint density at radius 3 is 2.69 bits per heavy atom. The SMILES string of the molecule is CSc1ccc(-c2nnnn2CCN)cc1. The van der Waals surface area contributed by atoms with Crippen molar-refractivity contribution in [3.05, 3.63) is 24.3 Å². The highest BCUT2D eigenvalue weighted by Gasteiger charge is 2.07. The number of tetrazole rings is 1. The predicted octanol–water partition coefficient (Wildman–Crippen LogP) is 1.02. The molecule has 0 spiro atoms. The van der Waals surface area contributed by atoms with Gasteiger partial charge in [-0.2, -0.15) is 0 Å². The molecule has 2 N–H and O–H groups in total. The summed E-state index contributed by atoms with van der Waals surface area (Å²) in [4.78, 5) is 1.22. The third-order valence-corrected chi connectivity index (χ3v) is 2.96. The van der Waals surface area contributed by atoms with Crippen molar-refractivity contribution in [2.24, 2.45) is 5.73 Å². The summed E-state index contributed by atoms with van der Waals surface area (Å²) in [7, 11) is 0. The van der Waals surface area contributed by atoms with Crippen LogP contribution >= 0.6 is 11.8 Å². The molecule has 0 unspecified atom stereocenters. The first-order chi connectivity index (χ1) is 7.85. The highest BCUT2D eigenvalue weighted by atomic mass is 32.2. The van der Waals surface area contributed by atoms with E-state index in [1.165, 1.54) is 4.90 Å². The third kappa shape index (κ3) is 2.23. The topological polar surface area (TPSA) is 69.6 Å². The largest absolute Gasteiger partial charge is 0.329 e. The fourth-order valence-corrected chi connectivity index (χ4v) is 1.83. The van der Waals surface area contributed by atoms with Gasteiger partial charge in [-0.15, -0.1) is 16.9 Å². The molecule has 2 rings (SSSR count). The lowest BCUT2D eigenvalue weighted by molar-refractivity contribution is 0.603. The van der Waals surface area contributed by atoms with Crippen LogP contribution in [0, 0.1) is 0 Å². The molecule has 1 aromatic carbocycles. The van der Waals surface area contributed by atoms with Gasteiger partial charge in [0, 0.05) is 17.0 Å². The maximum atomic E-state index is 5.49. The van der Waals surface area contributed by atoms with Crippen LogP contribution in [0.1, 0.15) is 0 Å². The standard InChI is InChI=1S/C10H13N5S/c1-16-9-4-2-8(3-5-9)10-12-13-14-15(10)7-6-11/h2-5H,6-7,11H2,1H3. The number of hydrogen-bond donors (Lipinski definition) is 1. The third-order valence-electron chi connectivity index (χ3n) is 2.22. The summed E-state index contributed by atoms with van der Waals surface area (Å²) < 4.78 is 1.72. The number of benzene rings is 1. The van der Waals surface area contributed by atoms with E-state index in [2.05, 4.69) is 27.7 Å². The van der Waals surface area contributed by atoms with Gasteiger partial charge in [-0.25, -0.2) is 4.68 Å². The second kappa shape index (κ2) is 5.09. The van der Waals surface area contributed by atoms with E-state index in [1.54, 1.807) is 16.4 Å². The van der Waals surface area contributed by atoms with E-state index in [0.29, 0.717) is 13.1 Å². The van der Waals surface area contributed by atoms with Crippen LogP contribution in [0.25, 0.3) is 11.4 Å². The summed E-state index contributed by atoms with van der Waals surface area (Å²) in [5.74, 6) is 0.762. The van der Waals surface area contributed by atoms with E-state index in [-0.39, 0.29) is 0 Å². The molecule has 0 atom stereocenters. The van der Waals surface area contributed by atoms with Gasteiger partial charge < -0.3 is 5.73 Å². The van der Waals surface area contributed by atoms with E-state index in [0.717, 1.165) is 11.4 Å². The molecule has 0 aliphatic rings. The van der Waals surface area contributed by atoms with Gasteiger partial charge in [0.05, 0.1) is 6.54 Å². The maximum Gasteiger partial charge on any atom is 0.182 e. The van der Waals surface area contributed by atoms with Crippen molar-refractivity contribution in [2.45, 2.75) is 11.4 Å². The van der Waals surface area contributed by atoms with Crippen LogP contribution in [0.15, 0.2) is 29.2 Å². The van der Waals surface area contributed by atoms with Gasteiger partial charge in [-0.1, -0.05) is 12.1 Å². The lowest BCUT2D eigenvalue weighted by Gasteiger charge is -2.03. The highest BCUT2D eigenvalue weighted by molar-refractivity contribution is 7.98. The van der Waals surface area contributed by atoms with Crippen LogP contribution in [0.5, 0.6) is 0 Å². The van der Waals surface area contributed by atoms with E-state index in [4.69, 9.17) is 5.73 Å². The highest BCUT2D eigenvalue weighted by Crippen LogP contribution is 2.20. The molecule has 0 bridgehead atoms. The number of nitrogens with two attached hydrogens (primary N) is 1. The quantitative estimate of drug-likeness (QED) is 0.801. The summed E-state index contributed by atoms with van der Waals surface area (Å²) >= 11 is 1.71. The Kier molecular flexibility index (Phi) is 3.53. The van der Waals surface area contributed by atoms with Crippen LogP contribution in [-0.4, -0.2) is 33.0 Å². The Morgan fingerprint density at radius 1 is 1.31 bits per heavy atom.